The minimum Gasteiger partial charge on any atom is -0.225 e. The topological polar surface area (TPSA) is 47.0 Å². The number of aryl methyl sites for hydroxylation is 1. The molecule has 21 heavy (non-hydrogen) atoms. The Bertz CT molecular complexity index is 870. The molecule has 108 valence electrons. The monoisotopic (exact) mass is 381 g/mol. The lowest BCUT2D eigenvalue weighted by Crippen LogP contribution is -2.09. The third-order valence-electron chi connectivity index (χ3n) is 3.22. The molecular formula is C15H12BrNO2S2. The molecule has 0 saturated heterocycles. The van der Waals surface area contributed by atoms with E-state index in [-0.39, 0.29) is 4.34 Å². The first-order valence-electron chi connectivity index (χ1n) is 6.29. The quantitative estimate of drug-likeness (QED) is 0.628. The van der Waals surface area contributed by atoms with Gasteiger partial charge in [0.05, 0.1) is 10.2 Å². The first-order chi connectivity index (χ1) is 10.00. The summed E-state index contributed by atoms with van der Waals surface area (Å²) in [5.41, 5.74) is 2.39. The van der Waals surface area contributed by atoms with Crippen molar-refractivity contribution in [3.8, 4) is 0 Å². The van der Waals surface area contributed by atoms with Crippen LogP contribution in [0.25, 0.3) is 10.2 Å². The molecule has 1 unspecified atom stereocenters. The van der Waals surface area contributed by atoms with Crippen LogP contribution in [0.1, 0.15) is 15.3 Å². The van der Waals surface area contributed by atoms with Crippen molar-refractivity contribution in [2.24, 2.45) is 0 Å². The Morgan fingerprint density at radius 2 is 1.76 bits per heavy atom. The summed E-state index contributed by atoms with van der Waals surface area (Å²) in [4.78, 5) is 4.26. The number of hydrogen-bond acceptors (Lipinski definition) is 4. The Morgan fingerprint density at radius 3 is 2.48 bits per heavy atom. The molecule has 1 heterocycles. The van der Waals surface area contributed by atoms with Gasteiger partial charge in [-0.3, -0.25) is 0 Å². The molecule has 0 aliphatic carbocycles. The maximum atomic E-state index is 12.8. The zero-order chi connectivity index (χ0) is 15.0. The SMILES string of the molecule is Cc1ccccc1C(Br)S(=O)(=O)c1nc2ccccc2s1. The molecule has 0 spiro atoms. The van der Waals surface area contributed by atoms with E-state index >= 15 is 0 Å². The molecule has 0 radical (unpaired) electrons. The summed E-state index contributed by atoms with van der Waals surface area (Å²) in [6, 6.07) is 14.9. The molecule has 2 aromatic carbocycles. The van der Waals surface area contributed by atoms with E-state index < -0.39 is 14.0 Å². The fourth-order valence-electron chi connectivity index (χ4n) is 2.07. The van der Waals surface area contributed by atoms with Crippen molar-refractivity contribution < 1.29 is 8.42 Å². The fraction of sp³-hybridized carbons (Fsp3) is 0.133. The first kappa shape index (κ1) is 14.7. The third-order valence-corrected chi connectivity index (χ3v) is 8.35. The fourth-order valence-corrected chi connectivity index (χ4v) is 6.21. The van der Waals surface area contributed by atoms with E-state index in [9.17, 15) is 8.42 Å². The van der Waals surface area contributed by atoms with E-state index in [1.165, 1.54) is 11.3 Å². The van der Waals surface area contributed by atoms with Gasteiger partial charge in [0, 0.05) is 0 Å². The molecule has 6 heteroatoms. The molecule has 0 fully saturated rings. The highest BCUT2D eigenvalue weighted by molar-refractivity contribution is 9.10. The van der Waals surface area contributed by atoms with Crippen LogP contribution in [-0.4, -0.2) is 13.4 Å². The van der Waals surface area contributed by atoms with Gasteiger partial charge in [-0.15, -0.1) is 11.3 Å². The number of rotatable bonds is 3. The van der Waals surface area contributed by atoms with Crippen molar-refractivity contribution in [1.29, 1.82) is 0 Å². The van der Waals surface area contributed by atoms with Crippen molar-refractivity contribution >= 4 is 47.3 Å². The van der Waals surface area contributed by atoms with Crippen LogP contribution in [0, 0.1) is 6.92 Å². The lowest BCUT2D eigenvalue weighted by atomic mass is 10.1. The van der Waals surface area contributed by atoms with Crippen LogP contribution in [0.4, 0.5) is 0 Å². The van der Waals surface area contributed by atoms with Gasteiger partial charge in [0.15, 0.2) is 0 Å². The Labute approximate surface area is 135 Å². The molecule has 3 aromatic rings. The Kier molecular flexibility index (Phi) is 3.86. The number of hydrogen-bond donors (Lipinski definition) is 0. The predicted octanol–water partition coefficient (Wildman–Crippen LogP) is 4.47. The maximum Gasteiger partial charge on any atom is 0.222 e. The van der Waals surface area contributed by atoms with Gasteiger partial charge in [-0.2, -0.15) is 0 Å². The lowest BCUT2D eigenvalue weighted by Gasteiger charge is -2.12. The Hall–Kier alpha value is -1.24. The number of sulfone groups is 1. The molecule has 0 saturated carbocycles. The Morgan fingerprint density at radius 1 is 1.10 bits per heavy atom. The summed E-state index contributed by atoms with van der Waals surface area (Å²) in [7, 11) is -3.55. The number of nitrogens with zero attached hydrogens (tertiary/aromatic N) is 1. The molecule has 0 bridgehead atoms. The number of aromatic nitrogens is 1. The number of thiazole rings is 1. The van der Waals surface area contributed by atoms with E-state index in [1.807, 2.05) is 55.5 Å². The average molecular weight is 382 g/mol. The predicted molar refractivity (Wildman–Crippen MR) is 89.7 cm³/mol. The molecule has 1 atom stereocenters. The van der Waals surface area contributed by atoms with Crippen molar-refractivity contribution in [1.82, 2.24) is 4.98 Å². The van der Waals surface area contributed by atoms with Gasteiger partial charge < -0.3 is 0 Å². The normalized spacial score (nSPS) is 13.4. The van der Waals surface area contributed by atoms with Crippen molar-refractivity contribution in [2.45, 2.75) is 15.4 Å². The first-order valence-corrected chi connectivity index (χ1v) is 9.57. The highest BCUT2D eigenvalue weighted by Gasteiger charge is 2.30. The molecule has 1 aromatic heterocycles. The standard InChI is InChI=1S/C15H12BrNO2S2/c1-10-6-2-3-7-11(10)14(16)21(18,19)15-17-12-8-4-5-9-13(12)20-15/h2-9,14H,1H3. The molecule has 3 nitrogen and oxygen atoms in total. The van der Waals surface area contributed by atoms with Gasteiger partial charge in [0.1, 0.15) is 4.16 Å². The van der Waals surface area contributed by atoms with E-state index in [2.05, 4.69) is 20.9 Å². The van der Waals surface area contributed by atoms with E-state index in [0.29, 0.717) is 5.52 Å². The minimum absolute atomic E-state index is 0.147. The maximum absolute atomic E-state index is 12.8. The van der Waals surface area contributed by atoms with Crippen LogP contribution in [0.5, 0.6) is 0 Å². The highest BCUT2D eigenvalue weighted by atomic mass is 79.9. The highest BCUT2D eigenvalue weighted by Crippen LogP contribution is 2.38. The van der Waals surface area contributed by atoms with Gasteiger partial charge in [0.2, 0.25) is 14.2 Å². The number of halogens is 1. The lowest BCUT2D eigenvalue weighted by molar-refractivity contribution is 0.594. The third kappa shape index (κ3) is 2.63. The summed E-state index contributed by atoms with van der Waals surface area (Å²) < 4.78 is 25.7. The van der Waals surface area contributed by atoms with Crippen molar-refractivity contribution in [2.75, 3.05) is 0 Å². The van der Waals surface area contributed by atoms with Crippen molar-refractivity contribution in [3.05, 3.63) is 59.7 Å². The average Bonchev–Trinajstić information content (AvgIpc) is 2.92. The van der Waals surface area contributed by atoms with Crippen LogP contribution in [-0.2, 0) is 9.84 Å². The van der Waals surface area contributed by atoms with Crippen LogP contribution in [0.2, 0.25) is 0 Å². The number of para-hydroxylation sites is 1. The van der Waals surface area contributed by atoms with Gasteiger partial charge in [0.25, 0.3) is 0 Å². The molecule has 3 rings (SSSR count). The van der Waals surface area contributed by atoms with Gasteiger partial charge in [-0.25, -0.2) is 13.4 Å². The smallest absolute Gasteiger partial charge is 0.222 e. The second kappa shape index (κ2) is 5.51. The molecule has 0 N–H and O–H groups in total. The summed E-state index contributed by atoms with van der Waals surface area (Å²) in [6.07, 6.45) is 0. The second-order valence-corrected chi connectivity index (χ2v) is 9.42. The zero-order valence-electron chi connectivity index (χ0n) is 11.2. The molecule has 0 amide bonds. The largest absolute Gasteiger partial charge is 0.225 e. The Balaban J connectivity index is 2.09. The van der Waals surface area contributed by atoms with E-state index in [4.69, 9.17) is 0 Å². The van der Waals surface area contributed by atoms with Gasteiger partial charge in [-0.05, 0) is 30.2 Å². The summed E-state index contributed by atoms with van der Waals surface area (Å²) >= 11 is 4.54. The molecule has 0 aliphatic rings. The van der Waals surface area contributed by atoms with E-state index in [0.717, 1.165) is 15.8 Å². The van der Waals surface area contributed by atoms with Gasteiger partial charge in [-0.1, -0.05) is 52.3 Å². The van der Waals surface area contributed by atoms with Crippen LogP contribution >= 0.6 is 27.3 Å². The summed E-state index contributed by atoms with van der Waals surface area (Å²) in [5, 5.41) is 0. The van der Waals surface area contributed by atoms with Gasteiger partial charge >= 0.3 is 0 Å². The number of fused-ring (bicyclic) bond motifs is 1. The van der Waals surface area contributed by atoms with Crippen LogP contribution in [0.15, 0.2) is 52.9 Å². The number of alkyl halides is 1. The zero-order valence-corrected chi connectivity index (χ0v) is 14.4. The molecule has 0 aliphatic heterocycles. The van der Waals surface area contributed by atoms with E-state index in [1.54, 1.807) is 0 Å². The second-order valence-electron chi connectivity index (χ2n) is 4.67. The van der Waals surface area contributed by atoms with Crippen molar-refractivity contribution in [3.63, 3.8) is 0 Å². The summed E-state index contributed by atoms with van der Waals surface area (Å²) in [5.74, 6) is 0. The van der Waals surface area contributed by atoms with Crippen LogP contribution < -0.4 is 0 Å². The minimum atomic E-state index is -3.55. The number of benzene rings is 2. The summed E-state index contributed by atoms with van der Waals surface area (Å²) in [6.45, 7) is 1.90. The molecular weight excluding hydrogens is 370 g/mol. The van der Waals surface area contributed by atoms with Crippen LogP contribution in [0.3, 0.4) is 0 Å².